The molecular weight excluding hydrogens is 382 g/mol. The van der Waals surface area contributed by atoms with Gasteiger partial charge in [-0.1, -0.05) is 16.7 Å². The predicted octanol–water partition coefficient (Wildman–Crippen LogP) is 1.93. The van der Waals surface area contributed by atoms with Crippen LogP contribution in [0.3, 0.4) is 0 Å². The van der Waals surface area contributed by atoms with Gasteiger partial charge >= 0.3 is 6.01 Å². The van der Waals surface area contributed by atoms with E-state index in [-0.39, 0.29) is 39.5 Å². The van der Waals surface area contributed by atoms with Gasteiger partial charge in [-0.2, -0.15) is 5.10 Å². The summed E-state index contributed by atoms with van der Waals surface area (Å²) in [6.45, 7) is 1.67. The Bertz CT molecular complexity index is 1060. The molecule has 11 heteroatoms. The van der Waals surface area contributed by atoms with Gasteiger partial charge in [-0.15, -0.1) is 5.10 Å². The number of aromatic nitrogens is 4. The van der Waals surface area contributed by atoms with Crippen molar-refractivity contribution in [3.05, 3.63) is 52.6 Å². The van der Waals surface area contributed by atoms with Gasteiger partial charge in [0.2, 0.25) is 5.89 Å². The lowest BCUT2D eigenvalue weighted by Gasteiger charge is -2.13. The molecule has 1 aromatic carbocycles. The number of carbonyl (C=O) groups excluding carboxylic acids is 1. The van der Waals surface area contributed by atoms with Gasteiger partial charge in [0.15, 0.2) is 9.84 Å². The van der Waals surface area contributed by atoms with Crippen molar-refractivity contribution in [2.75, 3.05) is 11.6 Å². The van der Waals surface area contributed by atoms with E-state index < -0.39 is 15.7 Å². The summed E-state index contributed by atoms with van der Waals surface area (Å²) in [7, 11) is -3.56. The fourth-order valence-corrected chi connectivity index (χ4v) is 3.64. The van der Waals surface area contributed by atoms with E-state index in [0.29, 0.717) is 0 Å². The molecule has 0 aliphatic rings. The number of hydrogen-bond donors (Lipinski definition) is 1. The van der Waals surface area contributed by atoms with Crippen molar-refractivity contribution >= 4 is 33.4 Å². The zero-order valence-corrected chi connectivity index (χ0v) is 15.4. The minimum absolute atomic E-state index is 0.0113. The molecule has 0 radical (unpaired) electrons. The third-order valence-corrected chi connectivity index (χ3v) is 5.08. The number of nitrogens with one attached hydrogen (secondary N) is 1. The molecule has 0 fully saturated rings. The minimum Gasteiger partial charge on any atom is -0.408 e. The van der Waals surface area contributed by atoms with Crippen molar-refractivity contribution in [3.63, 3.8) is 0 Å². The quantitative estimate of drug-likeness (QED) is 0.700. The third-order valence-electron chi connectivity index (χ3n) is 3.47. The molecule has 3 aromatic rings. The average molecular weight is 396 g/mol. The van der Waals surface area contributed by atoms with Crippen LogP contribution >= 0.6 is 11.6 Å². The van der Waals surface area contributed by atoms with Gasteiger partial charge in [0, 0.05) is 31.1 Å². The van der Waals surface area contributed by atoms with Crippen LogP contribution in [0.2, 0.25) is 5.02 Å². The first-order chi connectivity index (χ1) is 12.3. The number of anilines is 1. The predicted molar refractivity (Wildman–Crippen MR) is 92.9 cm³/mol. The summed E-state index contributed by atoms with van der Waals surface area (Å²) < 4.78 is 30.8. The van der Waals surface area contributed by atoms with Gasteiger partial charge in [-0.3, -0.25) is 14.8 Å². The second kappa shape index (κ2) is 6.89. The zero-order valence-electron chi connectivity index (χ0n) is 13.8. The molecule has 0 saturated heterocycles. The first-order valence-corrected chi connectivity index (χ1v) is 9.63. The second-order valence-electron chi connectivity index (χ2n) is 5.46. The maximum Gasteiger partial charge on any atom is 0.322 e. The molecule has 9 nitrogen and oxygen atoms in total. The first kappa shape index (κ1) is 18.1. The lowest BCUT2D eigenvalue weighted by molar-refractivity contribution is 0.102. The summed E-state index contributed by atoms with van der Waals surface area (Å²) in [5.41, 5.74) is 0.351. The summed E-state index contributed by atoms with van der Waals surface area (Å²) in [5.74, 6) is -0.307. The van der Waals surface area contributed by atoms with Crippen LogP contribution in [0.5, 0.6) is 0 Å². The van der Waals surface area contributed by atoms with E-state index in [1.807, 2.05) is 0 Å². The summed E-state index contributed by atoms with van der Waals surface area (Å²) in [4.78, 5) is 12.5. The van der Waals surface area contributed by atoms with Gasteiger partial charge in [-0.05, 0) is 18.2 Å². The molecule has 0 saturated carbocycles. The molecule has 1 N–H and O–H groups in total. The fraction of sp³-hybridized carbons (Fsp3) is 0.200. The van der Waals surface area contributed by atoms with Crippen LogP contribution in [-0.4, -0.2) is 40.6 Å². The number of rotatable bonds is 5. The lowest BCUT2D eigenvalue weighted by Crippen LogP contribution is -2.16. The third kappa shape index (κ3) is 3.75. The number of hydrogen-bond acceptors (Lipinski definition) is 7. The highest BCUT2D eigenvalue weighted by atomic mass is 35.5. The molecule has 0 unspecified atom stereocenters. The van der Waals surface area contributed by atoms with Crippen molar-refractivity contribution in [1.82, 2.24) is 20.0 Å². The minimum atomic E-state index is -3.56. The number of halogens is 1. The summed E-state index contributed by atoms with van der Waals surface area (Å²) >= 11 is 6.37. The Labute approximate surface area is 153 Å². The van der Waals surface area contributed by atoms with Crippen LogP contribution in [-0.2, 0) is 16.4 Å². The Morgan fingerprint density at radius 2 is 2.12 bits per heavy atom. The number of carbonyl (C=O) groups is 1. The van der Waals surface area contributed by atoms with Crippen LogP contribution in [0, 0.1) is 6.92 Å². The van der Waals surface area contributed by atoms with Crippen molar-refractivity contribution in [2.24, 2.45) is 0 Å². The summed E-state index contributed by atoms with van der Waals surface area (Å²) in [6, 6.07) is 4.30. The molecule has 3 rings (SSSR count). The van der Waals surface area contributed by atoms with Crippen molar-refractivity contribution < 1.29 is 17.6 Å². The Balaban J connectivity index is 2.02. The monoisotopic (exact) mass is 395 g/mol. The molecular formula is C15H14ClN5O4S. The molecule has 2 aromatic heterocycles. The Hall–Kier alpha value is -2.72. The number of sulfone groups is 1. The highest BCUT2D eigenvalue weighted by Gasteiger charge is 2.23. The second-order valence-corrected chi connectivity index (χ2v) is 7.82. The highest BCUT2D eigenvalue weighted by Crippen LogP contribution is 2.29. The van der Waals surface area contributed by atoms with Gasteiger partial charge < -0.3 is 4.42 Å². The molecule has 2 heterocycles. The Morgan fingerprint density at radius 3 is 2.69 bits per heavy atom. The number of benzene rings is 1. The molecule has 0 aliphatic carbocycles. The molecule has 0 bridgehead atoms. The van der Waals surface area contributed by atoms with Crippen LogP contribution in [0.1, 0.15) is 21.8 Å². The maximum atomic E-state index is 12.5. The molecule has 0 atom stereocenters. The molecule has 136 valence electrons. The molecule has 1 amide bonds. The van der Waals surface area contributed by atoms with Crippen LogP contribution < -0.4 is 5.32 Å². The van der Waals surface area contributed by atoms with E-state index in [1.165, 1.54) is 16.8 Å². The van der Waals surface area contributed by atoms with Crippen LogP contribution in [0.4, 0.5) is 6.01 Å². The average Bonchev–Trinajstić information content (AvgIpc) is 3.19. The normalized spacial score (nSPS) is 11.5. The van der Waals surface area contributed by atoms with Gasteiger partial charge in [-0.25, -0.2) is 8.42 Å². The van der Waals surface area contributed by atoms with E-state index in [9.17, 15) is 13.2 Å². The van der Waals surface area contributed by atoms with E-state index in [4.69, 9.17) is 16.0 Å². The fourth-order valence-electron chi connectivity index (χ4n) is 2.34. The summed E-state index contributed by atoms with van der Waals surface area (Å²) in [5, 5.41) is 13.8. The van der Waals surface area contributed by atoms with Gasteiger partial charge in [0.05, 0.1) is 22.0 Å². The van der Waals surface area contributed by atoms with E-state index in [2.05, 4.69) is 20.6 Å². The number of amides is 1. The topological polar surface area (TPSA) is 120 Å². The first-order valence-electron chi connectivity index (χ1n) is 7.36. The molecule has 26 heavy (non-hydrogen) atoms. The SMILES string of the molecule is Cc1nnc(NC(=O)c2ccc(S(C)(=O)=O)c(Cn3cccn3)c2Cl)o1. The van der Waals surface area contributed by atoms with Crippen LogP contribution in [0.15, 0.2) is 39.9 Å². The standard InChI is InChI=1S/C15H14ClN5O4S/c1-9-19-20-15(25-9)18-14(22)10-4-5-12(26(2,23)24)11(13(10)16)8-21-7-3-6-17-21/h3-7H,8H2,1-2H3,(H,18,20,22). The zero-order chi connectivity index (χ0) is 18.9. The largest absolute Gasteiger partial charge is 0.408 e. The highest BCUT2D eigenvalue weighted by molar-refractivity contribution is 7.90. The molecule has 0 aliphatic heterocycles. The van der Waals surface area contributed by atoms with Crippen molar-refractivity contribution in [1.29, 1.82) is 0 Å². The van der Waals surface area contributed by atoms with Gasteiger partial charge in [0.25, 0.3) is 5.91 Å². The van der Waals surface area contributed by atoms with E-state index in [1.54, 1.807) is 25.4 Å². The van der Waals surface area contributed by atoms with Crippen molar-refractivity contribution in [3.8, 4) is 0 Å². The van der Waals surface area contributed by atoms with E-state index in [0.717, 1.165) is 6.26 Å². The smallest absolute Gasteiger partial charge is 0.322 e. The lowest BCUT2D eigenvalue weighted by atomic mass is 10.1. The number of nitrogens with zero attached hydrogens (tertiary/aromatic N) is 4. The van der Waals surface area contributed by atoms with Crippen molar-refractivity contribution in [2.45, 2.75) is 18.4 Å². The van der Waals surface area contributed by atoms with E-state index >= 15 is 0 Å². The molecule has 0 spiro atoms. The Morgan fingerprint density at radius 1 is 1.35 bits per heavy atom. The number of aryl methyl sites for hydroxylation is 1. The maximum absolute atomic E-state index is 12.5. The van der Waals surface area contributed by atoms with Crippen LogP contribution in [0.25, 0.3) is 0 Å². The van der Waals surface area contributed by atoms with Gasteiger partial charge in [0.1, 0.15) is 0 Å². The Kier molecular flexibility index (Phi) is 4.79. The summed E-state index contributed by atoms with van der Waals surface area (Å²) in [6.07, 6.45) is 4.30.